The van der Waals surface area contributed by atoms with Gasteiger partial charge in [0.1, 0.15) is 0 Å². The number of nitrogens with zero attached hydrogens (tertiary/aromatic N) is 1. The van der Waals surface area contributed by atoms with Crippen molar-refractivity contribution in [3.63, 3.8) is 0 Å². The third-order valence-corrected chi connectivity index (χ3v) is 2.82. The summed E-state index contributed by atoms with van der Waals surface area (Å²) in [6.07, 6.45) is 2.43. The van der Waals surface area contributed by atoms with Gasteiger partial charge in [-0.3, -0.25) is 9.78 Å². The van der Waals surface area contributed by atoms with E-state index in [0.29, 0.717) is 13.0 Å². The van der Waals surface area contributed by atoms with Crippen LogP contribution < -0.4 is 5.32 Å². The summed E-state index contributed by atoms with van der Waals surface area (Å²) in [5.74, 6) is 0.354. The summed E-state index contributed by atoms with van der Waals surface area (Å²) in [6.45, 7) is 0.710. The van der Waals surface area contributed by atoms with Crippen molar-refractivity contribution in [2.24, 2.45) is 0 Å². The minimum atomic E-state index is 0.121. The van der Waals surface area contributed by atoms with Gasteiger partial charge < -0.3 is 10.3 Å². The van der Waals surface area contributed by atoms with Crippen molar-refractivity contribution in [3.05, 3.63) is 30.1 Å². The van der Waals surface area contributed by atoms with E-state index in [1.165, 1.54) is 0 Å². The molecule has 4 heteroatoms. The zero-order valence-electron chi connectivity index (χ0n) is 8.16. The fraction of sp³-hybridized carbons (Fsp3) is 0.273. The number of rotatable bonds is 1. The van der Waals surface area contributed by atoms with E-state index in [0.717, 1.165) is 16.7 Å². The summed E-state index contributed by atoms with van der Waals surface area (Å²) in [5, 5.41) is 2.82. The van der Waals surface area contributed by atoms with Crippen LogP contribution in [0.2, 0.25) is 0 Å². The van der Waals surface area contributed by atoms with Gasteiger partial charge in [-0.05, 0) is 18.2 Å². The second kappa shape index (κ2) is 3.08. The van der Waals surface area contributed by atoms with Gasteiger partial charge in [0.15, 0.2) is 0 Å². The molecule has 15 heavy (non-hydrogen) atoms. The quantitative estimate of drug-likeness (QED) is 0.727. The highest BCUT2D eigenvalue weighted by Gasteiger charge is 2.24. The van der Waals surface area contributed by atoms with Crippen LogP contribution in [0.3, 0.4) is 0 Å². The molecule has 1 aliphatic heterocycles. The first-order valence-electron chi connectivity index (χ1n) is 5.03. The molecule has 4 nitrogen and oxygen atoms in total. The number of nitrogens with one attached hydrogen (secondary N) is 2. The molecule has 1 amide bonds. The summed E-state index contributed by atoms with van der Waals surface area (Å²) in [4.78, 5) is 18.7. The molecule has 76 valence electrons. The van der Waals surface area contributed by atoms with Crippen molar-refractivity contribution in [1.29, 1.82) is 0 Å². The lowest BCUT2D eigenvalue weighted by Crippen LogP contribution is -2.13. The molecule has 0 aliphatic carbocycles. The number of pyridine rings is 1. The van der Waals surface area contributed by atoms with E-state index < -0.39 is 0 Å². The van der Waals surface area contributed by atoms with Gasteiger partial charge in [0.05, 0.1) is 11.0 Å². The van der Waals surface area contributed by atoms with Gasteiger partial charge >= 0.3 is 0 Å². The second-order valence-corrected chi connectivity index (χ2v) is 3.85. The summed E-state index contributed by atoms with van der Waals surface area (Å²) in [6, 6.07) is 5.95. The maximum absolute atomic E-state index is 11.1. The third-order valence-electron chi connectivity index (χ3n) is 2.82. The Kier molecular flexibility index (Phi) is 1.74. The van der Waals surface area contributed by atoms with Crippen molar-refractivity contribution < 1.29 is 4.79 Å². The van der Waals surface area contributed by atoms with Crippen LogP contribution in [0.4, 0.5) is 0 Å². The monoisotopic (exact) mass is 201 g/mol. The van der Waals surface area contributed by atoms with E-state index in [2.05, 4.69) is 15.3 Å². The van der Waals surface area contributed by atoms with E-state index in [9.17, 15) is 4.79 Å². The van der Waals surface area contributed by atoms with E-state index in [1.807, 2.05) is 24.4 Å². The Balaban J connectivity index is 2.00. The topological polar surface area (TPSA) is 57.8 Å². The zero-order chi connectivity index (χ0) is 10.3. The number of carbonyl (C=O) groups excluding carboxylic acids is 1. The van der Waals surface area contributed by atoms with Crippen molar-refractivity contribution in [1.82, 2.24) is 15.3 Å². The Morgan fingerprint density at radius 2 is 2.27 bits per heavy atom. The SMILES string of the molecule is O=C1CC(c2ccc3[nH]ccc3n2)CN1. The molecule has 2 aromatic rings. The van der Waals surface area contributed by atoms with E-state index in [-0.39, 0.29) is 11.8 Å². The molecule has 3 rings (SSSR count). The lowest BCUT2D eigenvalue weighted by Gasteiger charge is -2.05. The number of fused-ring (bicyclic) bond motifs is 1. The van der Waals surface area contributed by atoms with Gasteiger partial charge in [-0.15, -0.1) is 0 Å². The number of hydrogen-bond acceptors (Lipinski definition) is 2. The van der Waals surface area contributed by atoms with Crippen LogP contribution in [0.25, 0.3) is 11.0 Å². The van der Waals surface area contributed by atoms with Crippen LogP contribution in [-0.4, -0.2) is 22.4 Å². The molecule has 0 aromatic carbocycles. The summed E-state index contributed by atoms with van der Waals surface area (Å²) >= 11 is 0. The van der Waals surface area contributed by atoms with Crippen LogP contribution in [0.15, 0.2) is 24.4 Å². The van der Waals surface area contributed by atoms with E-state index in [1.54, 1.807) is 0 Å². The number of aromatic amines is 1. The minimum absolute atomic E-state index is 0.121. The van der Waals surface area contributed by atoms with Crippen molar-refractivity contribution in [3.8, 4) is 0 Å². The van der Waals surface area contributed by atoms with Gasteiger partial charge in [-0.25, -0.2) is 0 Å². The smallest absolute Gasteiger partial charge is 0.220 e. The first kappa shape index (κ1) is 8.47. The number of carbonyl (C=O) groups is 1. The predicted octanol–water partition coefficient (Wildman–Crippen LogP) is 1.17. The van der Waals surface area contributed by atoms with Crippen molar-refractivity contribution in [2.75, 3.05) is 6.54 Å². The van der Waals surface area contributed by atoms with E-state index in [4.69, 9.17) is 0 Å². The molecule has 0 bridgehead atoms. The van der Waals surface area contributed by atoms with Crippen LogP contribution in [-0.2, 0) is 4.79 Å². The lowest BCUT2D eigenvalue weighted by atomic mass is 10.0. The maximum atomic E-state index is 11.1. The van der Waals surface area contributed by atoms with Crippen molar-refractivity contribution >= 4 is 16.9 Å². The Morgan fingerprint density at radius 1 is 1.33 bits per heavy atom. The molecule has 1 fully saturated rings. The normalized spacial score (nSPS) is 20.8. The molecule has 1 aliphatic rings. The van der Waals surface area contributed by atoms with Gasteiger partial charge in [-0.1, -0.05) is 0 Å². The zero-order valence-corrected chi connectivity index (χ0v) is 8.16. The first-order chi connectivity index (χ1) is 7.33. The highest BCUT2D eigenvalue weighted by molar-refractivity contribution is 5.80. The largest absolute Gasteiger partial charge is 0.360 e. The molecule has 0 saturated carbocycles. The highest BCUT2D eigenvalue weighted by Crippen LogP contribution is 2.22. The average molecular weight is 201 g/mol. The van der Waals surface area contributed by atoms with Gasteiger partial charge in [0.25, 0.3) is 0 Å². The fourth-order valence-corrected chi connectivity index (χ4v) is 1.99. The van der Waals surface area contributed by atoms with E-state index >= 15 is 0 Å². The molecule has 0 spiro atoms. The molecule has 1 saturated heterocycles. The second-order valence-electron chi connectivity index (χ2n) is 3.85. The molecule has 0 radical (unpaired) electrons. The molecule has 1 atom stereocenters. The van der Waals surface area contributed by atoms with Crippen LogP contribution >= 0.6 is 0 Å². The minimum Gasteiger partial charge on any atom is -0.360 e. The molecule has 2 N–H and O–H groups in total. The number of hydrogen-bond donors (Lipinski definition) is 2. The third kappa shape index (κ3) is 1.38. The summed E-state index contributed by atoms with van der Waals surface area (Å²) < 4.78 is 0. The van der Waals surface area contributed by atoms with Crippen LogP contribution in [0, 0.1) is 0 Å². The lowest BCUT2D eigenvalue weighted by molar-refractivity contribution is -0.119. The average Bonchev–Trinajstić information content (AvgIpc) is 2.84. The fourth-order valence-electron chi connectivity index (χ4n) is 1.99. The standard InChI is InChI=1S/C11H11N3O/c15-11-5-7(6-13-11)8-1-2-9-10(14-8)3-4-12-9/h1-4,7,12H,5-6H2,(H,13,15). The molecular formula is C11H11N3O. The van der Waals surface area contributed by atoms with Gasteiger partial charge in [0.2, 0.25) is 5.91 Å². The van der Waals surface area contributed by atoms with Crippen molar-refractivity contribution in [2.45, 2.75) is 12.3 Å². The maximum Gasteiger partial charge on any atom is 0.220 e. The van der Waals surface area contributed by atoms with Gasteiger partial charge in [0, 0.05) is 30.8 Å². The van der Waals surface area contributed by atoms with Crippen LogP contribution in [0.1, 0.15) is 18.0 Å². The molecule has 1 unspecified atom stereocenters. The number of aromatic nitrogens is 2. The first-order valence-corrected chi connectivity index (χ1v) is 5.03. The molecular weight excluding hydrogens is 190 g/mol. The Bertz CT molecular complexity index is 517. The summed E-state index contributed by atoms with van der Waals surface area (Å²) in [5.41, 5.74) is 3.00. The van der Waals surface area contributed by atoms with Crippen LogP contribution in [0.5, 0.6) is 0 Å². The Labute approximate surface area is 86.7 Å². The number of amides is 1. The Hall–Kier alpha value is -1.84. The molecule has 3 heterocycles. The Morgan fingerprint density at radius 3 is 3.07 bits per heavy atom. The highest BCUT2D eigenvalue weighted by atomic mass is 16.1. The summed E-state index contributed by atoms with van der Waals surface area (Å²) in [7, 11) is 0. The molecule has 2 aromatic heterocycles. The number of H-pyrrole nitrogens is 1. The van der Waals surface area contributed by atoms with Gasteiger partial charge in [-0.2, -0.15) is 0 Å². The predicted molar refractivity (Wildman–Crippen MR) is 56.5 cm³/mol.